The second-order valence-electron chi connectivity index (χ2n) is 5.67. The summed E-state index contributed by atoms with van der Waals surface area (Å²) in [7, 11) is 0. The molecule has 116 valence electrons. The van der Waals surface area contributed by atoms with Crippen molar-refractivity contribution in [2.45, 2.75) is 27.2 Å². The molecule has 1 aromatic heterocycles. The Kier molecular flexibility index (Phi) is 5.47. The molecule has 0 saturated heterocycles. The van der Waals surface area contributed by atoms with Gasteiger partial charge in [-0.1, -0.05) is 32.0 Å². The number of nitrogens with zero attached hydrogens (tertiary/aromatic N) is 2. The van der Waals surface area contributed by atoms with Crippen molar-refractivity contribution in [1.29, 1.82) is 0 Å². The molecule has 0 aliphatic carbocycles. The molecule has 1 amide bonds. The molecule has 0 radical (unpaired) electrons. The van der Waals surface area contributed by atoms with E-state index < -0.39 is 0 Å². The van der Waals surface area contributed by atoms with Crippen molar-refractivity contribution in [2.24, 2.45) is 5.92 Å². The molecule has 1 heterocycles. The maximum atomic E-state index is 11.9. The third-order valence-corrected chi connectivity index (χ3v) is 3.30. The van der Waals surface area contributed by atoms with E-state index in [0.29, 0.717) is 24.0 Å². The van der Waals surface area contributed by atoms with Gasteiger partial charge >= 0.3 is 0 Å². The van der Waals surface area contributed by atoms with Gasteiger partial charge in [-0.3, -0.25) is 4.79 Å². The van der Waals surface area contributed by atoms with E-state index in [1.165, 1.54) is 6.20 Å². The minimum Gasteiger partial charge on any atom is -0.351 e. The molecule has 5 nitrogen and oxygen atoms in total. The maximum absolute atomic E-state index is 11.9. The summed E-state index contributed by atoms with van der Waals surface area (Å²) in [5.41, 5.74) is 2.44. The molecular formula is C17H22N4O. The molecule has 0 atom stereocenters. The highest BCUT2D eigenvalue weighted by molar-refractivity contribution is 5.92. The molecule has 0 spiro atoms. The first-order chi connectivity index (χ1) is 10.6. The summed E-state index contributed by atoms with van der Waals surface area (Å²) in [6.07, 6.45) is 4.02. The van der Waals surface area contributed by atoms with Gasteiger partial charge < -0.3 is 10.6 Å². The topological polar surface area (TPSA) is 66.9 Å². The zero-order valence-corrected chi connectivity index (χ0v) is 13.3. The van der Waals surface area contributed by atoms with Gasteiger partial charge in [0.1, 0.15) is 11.5 Å². The van der Waals surface area contributed by atoms with Crippen LogP contribution in [0.25, 0.3) is 0 Å². The zero-order valence-electron chi connectivity index (χ0n) is 13.3. The van der Waals surface area contributed by atoms with Crippen LogP contribution in [0.1, 0.15) is 36.3 Å². The molecule has 2 aromatic rings. The summed E-state index contributed by atoms with van der Waals surface area (Å²) in [6, 6.07) is 7.94. The van der Waals surface area contributed by atoms with Crippen LogP contribution in [0.3, 0.4) is 0 Å². The molecule has 2 N–H and O–H groups in total. The van der Waals surface area contributed by atoms with Crippen LogP contribution in [0.15, 0.2) is 36.7 Å². The second-order valence-corrected chi connectivity index (χ2v) is 5.67. The van der Waals surface area contributed by atoms with Crippen molar-refractivity contribution in [1.82, 2.24) is 15.3 Å². The Balaban J connectivity index is 1.95. The van der Waals surface area contributed by atoms with Gasteiger partial charge in [0.25, 0.3) is 5.91 Å². The standard InChI is InChI=1S/C17H22N4O/c1-12(2)8-9-18-17(22)15-10-20-16(11-19-15)21-14-7-5-4-6-13(14)3/h4-7,10-12H,8-9H2,1-3H3,(H,18,22)(H,20,21). The van der Waals surface area contributed by atoms with Crippen LogP contribution in [-0.2, 0) is 0 Å². The summed E-state index contributed by atoms with van der Waals surface area (Å²) in [5.74, 6) is 0.996. The molecule has 5 heteroatoms. The number of carbonyl (C=O) groups excluding carboxylic acids is 1. The van der Waals surface area contributed by atoms with Crippen molar-refractivity contribution >= 4 is 17.4 Å². The predicted molar refractivity (Wildman–Crippen MR) is 88.3 cm³/mol. The van der Waals surface area contributed by atoms with Crippen LogP contribution in [0.2, 0.25) is 0 Å². The second kappa shape index (κ2) is 7.54. The third-order valence-electron chi connectivity index (χ3n) is 3.30. The highest BCUT2D eigenvalue weighted by Crippen LogP contribution is 2.17. The third kappa shape index (κ3) is 4.55. The SMILES string of the molecule is Cc1ccccc1Nc1cnc(C(=O)NCCC(C)C)cn1. The van der Waals surface area contributed by atoms with Crippen LogP contribution in [0.4, 0.5) is 11.5 Å². The van der Waals surface area contributed by atoms with E-state index in [9.17, 15) is 4.79 Å². The van der Waals surface area contributed by atoms with Crippen LogP contribution in [-0.4, -0.2) is 22.4 Å². The normalized spacial score (nSPS) is 10.5. The Hall–Kier alpha value is -2.43. The van der Waals surface area contributed by atoms with Crippen molar-refractivity contribution < 1.29 is 4.79 Å². The molecular weight excluding hydrogens is 276 g/mol. The lowest BCUT2D eigenvalue weighted by Crippen LogP contribution is -2.26. The van der Waals surface area contributed by atoms with Crippen molar-refractivity contribution in [3.8, 4) is 0 Å². The van der Waals surface area contributed by atoms with Gasteiger partial charge in [0.2, 0.25) is 0 Å². The Labute approximate surface area is 131 Å². The smallest absolute Gasteiger partial charge is 0.271 e. The maximum Gasteiger partial charge on any atom is 0.271 e. The first-order valence-corrected chi connectivity index (χ1v) is 7.49. The number of aryl methyl sites for hydroxylation is 1. The highest BCUT2D eigenvalue weighted by Gasteiger charge is 2.08. The lowest BCUT2D eigenvalue weighted by Gasteiger charge is -2.09. The van der Waals surface area contributed by atoms with Crippen LogP contribution in [0.5, 0.6) is 0 Å². The minimum absolute atomic E-state index is 0.185. The average Bonchev–Trinajstić information content (AvgIpc) is 2.50. The van der Waals surface area contributed by atoms with E-state index in [0.717, 1.165) is 17.7 Å². The Bertz CT molecular complexity index is 623. The number of hydrogen-bond donors (Lipinski definition) is 2. The van der Waals surface area contributed by atoms with Gasteiger partial charge in [-0.15, -0.1) is 0 Å². The number of rotatable bonds is 6. The molecule has 0 aliphatic rings. The largest absolute Gasteiger partial charge is 0.351 e. The van der Waals surface area contributed by atoms with Gasteiger partial charge in [0, 0.05) is 12.2 Å². The van der Waals surface area contributed by atoms with Crippen LogP contribution < -0.4 is 10.6 Å². The Morgan fingerprint density at radius 2 is 1.95 bits per heavy atom. The molecule has 0 unspecified atom stereocenters. The minimum atomic E-state index is -0.185. The van der Waals surface area contributed by atoms with Gasteiger partial charge in [-0.25, -0.2) is 9.97 Å². The number of anilines is 2. The number of benzene rings is 1. The molecule has 22 heavy (non-hydrogen) atoms. The highest BCUT2D eigenvalue weighted by atomic mass is 16.1. The van der Waals surface area contributed by atoms with Crippen molar-refractivity contribution in [2.75, 3.05) is 11.9 Å². The van der Waals surface area contributed by atoms with Crippen molar-refractivity contribution in [3.05, 3.63) is 47.9 Å². The molecule has 1 aromatic carbocycles. The quantitative estimate of drug-likeness (QED) is 0.858. The molecule has 0 saturated carbocycles. The molecule has 0 fully saturated rings. The Morgan fingerprint density at radius 3 is 2.59 bits per heavy atom. The van der Waals surface area contributed by atoms with Gasteiger partial charge in [0.05, 0.1) is 12.4 Å². The number of aromatic nitrogens is 2. The van der Waals surface area contributed by atoms with Gasteiger partial charge in [0.15, 0.2) is 0 Å². The molecule has 0 bridgehead atoms. The van der Waals surface area contributed by atoms with Crippen LogP contribution >= 0.6 is 0 Å². The first-order valence-electron chi connectivity index (χ1n) is 7.49. The van der Waals surface area contributed by atoms with E-state index in [2.05, 4.69) is 34.4 Å². The number of hydrogen-bond acceptors (Lipinski definition) is 4. The van der Waals surface area contributed by atoms with E-state index in [1.54, 1.807) is 6.20 Å². The number of amides is 1. The number of nitrogens with one attached hydrogen (secondary N) is 2. The fourth-order valence-corrected chi connectivity index (χ4v) is 1.93. The molecule has 2 rings (SSSR count). The van der Waals surface area contributed by atoms with E-state index in [-0.39, 0.29) is 5.91 Å². The summed E-state index contributed by atoms with van der Waals surface area (Å²) in [6.45, 7) is 6.92. The monoisotopic (exact) mass is 298 g/mol. The Morgan fingerprint density at radius 1 is 1.18 bits per heavy atom. The lowest BCUT2D eigenvalue weighted by atomic mass is 10.1. The summed E-state index contributed by atoms with van der Waals surface area (Å²) in [5, 5.41) is 6.04. The van der Waals surface area contributed by atoms with E-state index >= 15 is 0 Å². The number of para-hydroxylation sites is 1. The molecule has 0 aliphatic heterocycles. The van der Waals surface area contributed by atoms with Crippen molar-refractivity contribution in [3.63, 3.8) is 0 Å². The van der Waals surface area contributed by atoms with E-state index in [4.69, 9.17) is 0 Å². The summed E-state index contributed by atoms with van der Waals surface area (Å²) < 4.78 is 0. The fourth-order valence-electron chi connectivity index (χ4n) is 1.93. The van der Waals surface area contributed by atoms with E-state index in [1.807, 2.05) is 31.2 Å². The summed E-state index contributed by atoms with van der Waals surface area (Å²) >= 11 is 0. The van der Waals surface area contributed by atoms with Gasteiger partial charge in [-0.05, 0) is 30.9 Å². The van der Waals surface area contributed by atoms with Crippen LogP contribution in [0, 0.1) is 12.8 Å². The summed E-state index contributed by atoms with van der Waals surface area (Å²) in [4.78, 5) is 20.3. The van der Waals surface area contributed by atoms with Gasteiger partial charge in [-0.2, -0.15) is 0 Å². The average molecular weight is 298 g/mol. The zero-order chi connectivity index (χ0) is 15.9. The predicted octanol–water partition coefficient (Wildman–Crippen LogP) is 3.30. The number of carbonyl (C=O) groups is 1. The fraction of sp³-hybridized carbons (Fsp3) is 0.353. The first kappa shape index (κ1) is 15.9. The lowest BCUT2D eigenvalue weighted by molar-refractivity contribution is 0.0946.